The molecular formula is C18H22FN3O3. The molecule has 0 unspecified atom stereocenters. The number of halogens is 1. The third-order valence-electron chi connectivity index (χ3n) is 3.64. The first-order chi connectivity index (χ1) is 12.1. The van der Waals surface area contributed by atoms with Gasteiger partial charge in [-0.2, -0.15) is 0 Å². The van der Waals surface area contributed by atoms with E-state index in [2.05, 4.69) is 15.6 Å². The minimum Gasteiger partial charge on any atom is -0.505 e. The SMILES string of the molecule is CN=C(NCc1ccc(O)c(F)c1)NCc1ccc(OC)cc1OC. The van der Waals surface area contributed by atoms with E-state index in [1.54, 1.807) is 27.3 Å². The van der Waals surface area contributed by atoms with Gasteiger partial charge in [0.25, 0.3) is 0 Å². The van der Waals surface area contributed by atoms with Gasteiger partial charge in [-0.25, -0.2) is 4.39 Å². The van der Waals surface area contributed by atoms with Gasteiger partial charge < -0.3 is 25.2 Å². The van der Waals surface area contributed by atoms with Crippen LogP contribution in [0.5, 0.6) is 17.2 Å². The summed E-state index contributed by atoms with van der Waals surface area (Å²) >= 11 is 0. The first kappa shape index (κ1) is 18.4. The third-order valence-corrected chi connectivity index (χ3v) is 3.64. The number of ether oxygens (including phenoxy) is 2. The molecule has 0 bridgehead atoms. The Morgan fingerprint density at radius 1 is 1.08 bits per heavy atom. The van der Waals surface area contributed by atoms with E-state index in [0.717, 1.165) is 11.3 Å². The van der Waals surface area contributed by atoms with Crippen molar-refractivity contribution in [3.8, 4) is 17.2 Å². The van der Waals surface area contributed by atoms with Crippen molar-refractivity contribution in [2.45, 2.75) is 13.1 Å². The van der Waals surface area contributed by atoms with Crippen LogP contribution in [0, 0.1) is 5.82 Å². The van der Waals surface area contributed by atoms with Crippen molar-refractivity contribution in [2.75, 3.05) is 21.3 Å². The molecule has 2 rings (SSSR count). The zero-order valence-corrected chi connectivity index (χ0v) is 14.5. The number of methoxy groups -OCH3 is 2. The van der Waals surface area contributed by atoms with Crippen LogP contribution in [0.25, 0.3) is 0 Å². The van der Waals surface area contributed by atoms with Crippen molar-refractivity contribution in [3.05, 3.63) is 53.3 Å². The minimum atomic E-state index is -0.648. The van der Waals surface area contributed by atoms with Gasteiger partial charge in [0.1, 0.15) is 11.5 Å². The van der Waals surface area contributed by atoms with Gasteiger partial charge >= 0.3 is 0 Å². The highest BCUT2D eigenvalue weighted by Crippen LogP contribution is 2.24. The fourth-order valence-corrected chi connectivity index (χ4v) is 2.24. The molecule has 0 amide bonds. The Morgan fingerprint density at radius 3 is 2.48 bits per heavy atom. The second-order valence-electron chi connectivity index (χ2n) is 5.24. The molecule has 0 heterocycles. The maximum Gasteiger partial charge on any atom is 0.191 e. The van der Waals surface area contributed by atoms with Crippen LogP contribution in [0.2, 0.25) is 0 Å². The predicted molar refractivity (Wildman–Crippen MR) is 94.6 cm³/mol. The van der Waals surface area contributed by atoms with E-state index in [4.69, 9.17) is 9.47 Å². The molecule has 0 aliphatic rings. The van der Waals surface area contributed by atoms with Gasteiger partial charge in [0.05, 0.1) is 14.2 Å². The lowest BCUT2D eigenvalue weighted by Crippen LogP contribution is -2.36. The largest absolute Gasteiger partial charge is 0.505 e. The molecular weight excluding hydrogens is 325 g/mol. The molecule has 2 aromatic rings. The van der Waals surface area contributed by atoms with Crippen molar-refractivity contribution >= 4 is 5.96 Å². The lowest BCUT2D eigenvalue weighted by Gasteiger charge is -2.14. The monoisotopic (exact) mass is 347 g/mol. The number of phenols is 1. The van der Waals surface area contributed by atoms with Crippen LogP contribution >= 0.6 is 0 Å². The third kappa shape index (κ3) is 5.00. The number of aliphatic imine (C=N–C) groups is 1. The summed E-state index contributed by atoms with van der Waals surface area (Å²) in [6.07, 6.45) is 0. The highest BCUT2D eigenvalue weighted by Gasteiger charge is 2.07. The Balaban J connectivity index is 1.95. The zero-order chi connectivity index (χ0) is 18.2. The van der Waals surface area contributed by atoms with Crippen molar-refractivity contribution in [2.24, 2.45) is 4.99 Å². The van der Waals surface area contributed by atoms with Crippen LogP contribution < -0.4 is 20.1 Å². The molecule has 0 aliphatic carbocycles. The molecule has 0 aliphatic heterocycles. The van der Waals surface area contributed by atoms with Gasteiger partial charge in [-0.15, -0.1) is 0 Å². The summed E-state index contributed by atoms with van der Waals surface area (Å²) in [4.78, 5) is 4.13. The van der Waals surface area contributed by atoms with E-state index in [1.165, 1.54) is 12.1 Å². The number of nitrogens with one attached hydrogen (secondary N) is 2. The summed E-state index contributed by atoms with van der Waals surface area (Å²) in [5.41, 5.74) is 1.64. The first-order valence-electron chi connectivity index (χ1n) is 7.70. The average Bonchev–Trinajstić information content (AvgIpc) is 2.64. The molecule has 0 atom stereocenters. The molecule has 134 valence electrons. The van der Waals surface area contributed by atoms with E-state index in [0.29, 0.717) is 30.4 Å². The number of hydrogen-bond acceptors (Lipinski definition) is 4. The molecule has 0 aromatic heterocycles. The van der Waals surface area contributed by atoms with Crippen LogP contribution in [-0.4, -0.2) is 32.3 Å². The Bertz CT molecular complexity index is 750. The Morgan fingerprint density at radius 2 is 1.84 bits per heavy atom. The van der Waals surface area contributed by atoms with Crippen LogP contribution in [0.3, 0.4) is 0 Å². The van der Waals surface area contributed by atoms with Gasteiger partial charge in [0.2, 0.25) is 0 Å². The molecule has 0 saturated carbocycles. The summed E-state index contributed by atoms with van der Waals surface area (Å²) in [5.74, 6) is 0.981. The number of nitrogens with zero attached hydrogens (tertiary/aromatic N) is 1. The topological polar surface area (TPSA) is 75.1 Å². The number of rotatable bonds is 6. The lowest BCUT2D eigenvalue weighted by molar-refractivity contribution is 0.390. The first-order valence-corrected chi connectivity index (χ1v) is 7.70. The summed E-state index contributed by atoms with van der Waals surface area (Å²) in [6, 6.07) is 9.83. The predicted octanol–water partition coefficient (Wildman–Crippen LogP) is 2.41. The normalized spacial score (nSPS) is 11.1. The number of guanidine groups is 1. The average molecular weight is 347 g/mol. The van der Waals surface area contributed by atoms with Crippen molar-refractivity contribution in [3.63, 3.8) is 0 Å². The number of benzene rings is 2. The van der Waals surface area contributed by atoms with Crippen LogP contribution in [-0.2, 0) is 13.1 Å². The van der Waals surface area contributed by atoms with Gasteiger partial charge in [-0.05, 0) is 29.8 Å². The van der Waals surface area contributed by atoms with Crippen molar-refractivity contribution in [1.82, 2.24) is 10.6 Å². The number of hydrogen-bond donors (Lipinski definition) is 3. The maximum atomic E-state index is 13.4. The molecule has 2 aromatic carbocycles. The number of phenolic OH excluding ortho intramolecular Hbond substituents is 1. The number of aromatic hydroxyl groups is 1. The zero-order valence-electron chi connectivity index (χ0n) is 14.5. The van der Waals surface area contributed by atoms with Crippen molar-refractivity contribution in [1.29, 1.82) is 0 Å². The van der Waals surface area contributed by atoms with Gasteiger partial charge in [-0.1, -0.05) is 6.07 Å². The molecule has 7 heteroatoms. The Hall–Kier alpha value is -2.96. The summed E-state index contributed by atoms with van der Waals surface area (Å²) in [5, 5.41) is 15.5. The Labute approximate surface area is 146 Å². The van der Waals surface area contributed by atoms with Crippen LogP contribution in [0.1, 0.15) is 11.1 Å². The molecule has 0 fully saturated rings. The van der Waals surface area contributed by atoms with E-state index in [1.807, 2.05) is 18.2 Å². The molecule has 3 N–H and O–H groups in total. The fraction of sp³-hybridized carbons (Fsp3) is 0.278. The van der Waals surface area contributed by atoms with E-state index >= 15 is 0 Å². The van der Waals surface area contributed by atoms with Crippen LogP contribution in [0.4, 0.5) is 4.39 Å². The standard InChI is InChI=1S/C18H22FN3O3/c1-20-18(21-10-12-4-7-16(23)15(19)8-12)22-11-13-5-6-14(24-2)9-17(13)25-3/h4-9,23H,10-11H2,1-3H3,(H2,20,21,22). The molecule has 0 saturated heterocycles. The highest BCUT2D eigenvalue weighted by molar-refractivity contribution is 5.79. The van der Waals surface area contributed by atoms with E-state index in [9.17, 15) is 9.50 Å². The van der Waals surface area contributed by atoms with Gasteiger partial charge in [0.15, 0.2) is 17.5 Å². The highest BCUT2D eigenvalue weighted by atomic mass is 19.1. The Kier molecular flexibility index (Phi) is 6.45. The summed E-state index contributed by atoms with van der Waals surface area (Å²) < 4.78 is 23.9. The summed E-state index contributed by atoms with van der Waals surface area (Å²) in [6.45, 7) is 0.868. The summed E-state index contributed by atoms with van der Waals surface area (Å²) in [7, 11) is 4.85. The van der Waals surface area contributed by atoms with Crippen LogP contribution in [0.15, 0.2) is 41.4 Å². The smallest absolute Gasteiger partial charge is 0.191 e. The van der Waals surface area contributed by atoms with Gasteiger partial charge in [0, 0.05) is 31.8 Å². The van der Waals surface area contributed by atoms with Gasteiger partial charge in [-0.3, -0.25) is 4.99 Å². The maximum absolute atomic E-state index is 13.4. The lowest BCUT2D eigenvalue weighted by atomic mass is 10.2. The molecule has 25 heavy (non-hydrogen) atoms. The quantitative estimate of drug-likeness (QED) is 0.553. The van der Waals surface area contributed by atoms with Crippen molar-refractivity contribution < 1.29 is 19.0 Å². The van der Waals surface area contributed by atoms with E-state index in [-0.39, 0.29) is 5.75 Å². The second-order valence-corrected chi connectivity index (χ2v) is 5.24. The minimum absolute atomic E-state index is 0.363. The molecule has 0 radical (unpaired) electrons. The molecule has 0 spiro atoms. The molecule has 6 nitrogen and oxygen atoms in total. The van der Waals surface area contributed by atoms with E-state index < -0.39 is 5.82 Å². The second kappa shape index (κ2) is 8.77. The fourth-order valence-electron chi connectivity index (χ4n) is 2.24.